The molecule has 4 aromatic rings. The topological polar surface area (TPSA) is 58.9 Å². The molecule has 2 atom stereocenters. The first-order valence-electron chi connectivity index (χ1n) is 13.6. The largest absolute Gasteiger partial charge is 0.378 e. The molecular formula is C34H34O4. The van der Waals surface area contributed by atoms with Crippen LogP contribution in [0, 0.1) is 0 Å². The highest BCUT2D eigenvalue weighted by Crippen LogP contribution is 2.53. The number of benzene rings is 4. The van der Waals surface area contributed by atoms with Gasteiger partial charge in [0, 0.05) is 12.8 Å². The molecule has 1 spiro atoms. The molecule has 38 heavy (non-hydrogen) atoms. The van der Waals surface area contributed by atoms with Crippen LogP contribution < -0.4 is 0 Å². The molecule has 194 valence electrons. The van der Waals surface area contributed by atoms with Crippen LogP contribution in [0.2, 0.25) is 0 Å². The monoisotopic (exact) mass is 506 g/mol. The fourth-order valence-electron chi connectivity index (χ4n) is 6.31. The van der Waals surface area contributed by atoms with Gasteiger partial charge in [-0.3, -0.25) is 0 Å². The summed E-state index contributed by atoms with van der Waals surface area (Å²) in [5.41, 5.74) is -0.373. The van der Waals surface area contributed by atoms with Crippen molar-refractivity contribution >= 4 is 0 Å². The van der Waals surface area contributed by atoms with Crippen LogP contribution in [0.5, 0.6) is 0 Å². The molecule has 0 bridgehead atoms. The zero-order valence-corrected chi connectivity index (χ0v) is 21.4. The van der Waals surface area contributed by atoms with E-state index in [1.54, 1.807) is 0 Å². The van der Waals surface area contributed by atoms with Gasteiger partial charge in [-0.2, -0.15) is 0 Å². The quantitative estimate of drug-likeness (QED) is 0.322. The first-order chi connectivity index (χ1) is 18.6. The van der Waals surface area contributed by atoms with E-state index in [1.165, 1.54) is 0 Å². The number of ether oxygens (including phenoxy) is 2. The molecule has 0 aromatic heterocycles. The lowest BCUT2D eigenvalue weighted by Gasteiger charge is -2.42. The Hall–Kier alpha value is -3.28. The molecule has 4 aromatic carbocycles. The Morgan fingerprint density at radius 1 is 0.474 bits per heavy atom. The Bertz CT molecular complexity index is 1140. The maximum atomic E-state index is 12.9. The van der Waals surface area contributed by atoms with Crippen molar-refractivity contribution in [3.05, 3.63) is 144 Å². The average Bonchev–Trinajstić information content (AvgIpc) is 3.37. The molecule has 2 fully saturated rings. The van der Waals surface area contributed by atoms with Gasteiger partial charge in [0.2, 0.25) is 0 Å². The highest BCUT2D eigenvalue weighted by Gasteiger charge is 2.63. The molecule has 0 amide bonds. The lowest BCUT2D eigenvalue weighted by atomic mass is 9.72. The van der Waals surface area contributed by atoms with Crippen molar-refractivity contribution in [3.63, 3.8) is 0 Å². The van der Waals surface area contributed by atoms with Gasteiger partial charge in [-0.1, -0.05) is 128 Å². The molecule has 1 saturated carbocycles. The average molecular weight is 507 g/mol. The van der Waals surface area contributed by atoms with E-state index in [-0.39, 0.29) is 0 Å². The summed E-state index contributed by atoms with van der Waals surface area (Å²) in [7, 11) is 0. The summed E-state index contributed by atoms with van der Waals surface area (Å²) in [6.07, 6.45) is 2.73. The lowest BCUT2D eigenvalue weighted by molar-refractivity contribution is -0.213. The molecule has 2 N–H and O–H groups in total. The summed E-state index contributed by atoms with van der Waals surface area (Å²) in [5.74, 6) is -0.872. The van der Waals surface area contributed by atoms with Gasteiger partial charge in [-0.25, -0.2) is 0 Å². The molecule has 1 aliphatic heterocycles. The minimum atomic E-state index is -1.58. The van der Waals surface area contributed by atoms with E-state index in [1.807, 2.05) is 121 Å². The van der Waals surface area contributed by atoms with Gasteiger partial charge in [0.05, 0.1) is 0 Å². The fourth-order valence-corrected chi connectivity index (χ4v) is 6.31. The van der Waals surface area contributed by atoms with Crippen LogP contribution in [0.15, 0.2) is 121 Å². The van der Waals surface area contributed by atoms with Crippen LogP contribution in [0.25, 0.3) is 0 Å². The Morgan fingerprint density at radius 3 is 1.05 bits per heavy atom. The van der Waals surface area contributed by atoms with E-state index in [4.69, 9.17) is 9.47 Å². The van der Waals surface area contributed by atoms with Crippen LogP contribution in [-0.2, 0) is 20.7 Å². The van der Waals surface area contributed by atoms with Gasteiger partial charge in [0.25, 0.3) is 0 Å². The second-order valence-corrected chi connectivity index (χ2v) is 10.5. The van der Waals surface area contributed by atoms with Gasteiger partial charge in [0.1, 0.15) is 23.4 Å². The number of aliphatic hydroxyl groups is 2. The van der Waals surface area contributed by atoms with Crippen LogP contribution in [-0.4, -0.2) is 28.2 Å². The second-order valence-electron chi connectivity index (χ2n) is 10.5. The maximum Gasteiger partial charge on any atom is 0.169 e. The van der Waals surface area contributed by atoms with Crippen LogP contribution in [0.1, 0.15) is 54.4 Å². The van der Waals surface area contributed by atoms with E-state index in [2.05, 4.69) is 0 Å². The van der Waals surface area contributed by atoms with Gasteiger partial charge in [-0.05, 0) is 35.1 Å². The van der Waals surface area contributed by atoms with Gasteiger partial charge in [0.15, 0.2) is 5.79 Å². The minimum Gasteiger partial charge on any atom is -0.378 e. The third kappa shape index (κ3) is 4.18. The van der Waals surface area contributed by atoms with Crippen molar-refractivity contribution in [1.29, 1.82) is 0 Å². The zero-order chi connectivity index (χ0) is 26.1. The summed E-state index contributed by atoms with van der Waals surface area (Å²) >= 11 is 0. The van der Waals surface area contributed by atoms with Crippen LogP contribution in [0.3, 0.4) is 0 Å². The fraction of sp³-hybridized carbons (Fsp3) is 0.294. The number of hydrogen-bond donors (Lipinski definition) is 2. The molecule has 4 heteroatoms. The third-order valence-corrected chi connectivity index (χ3v) is 8.25. The summed E-state index contributed by atoms with van der Waals surface area (Å²) in [6, 6.07) is 38.5. The van der Waals surface area contributed by atoms with E-state index in [0.717, 1.165) is 32.1 Å². The van der Waals surface area contributed by atoms with Gasteiger partial charge >= 0.3 is 0 Å². The smallest absolute Gasteiger partial charge is 0.169 e. The molecule has 2 unspecified atom stereocenters. The Labute approximate surface area is 224 Å². The van der Waals surface area contributed by atoms with Crippen molar-refractivity contribution in [1.82, 2.24) is 0 Å². The SMILES string of the molecule is OC(c1ccccc1)(c1ccccc1)C1OC2(CCCCC2)OC1C(O)(c1ccccc1)c1ccccc1. The predicted octanol–water partition coefficient (Wildman–Crippen LogP) is 6.30. The van der Waals surface area contributed by atoms with E-state index in [9.17, 15) is 10.2 Å². The van der Waals surface area contributed by atoms with Crippen molar-refractivity contribution in [2.45, 2.75) is 61.3 Å². The molecule has 1 saturated heterocycles. The minimum absolute atomic E-state index is 0.695. The maximum absolute atomic E-state index is 12.9. The first kappa shape index (κ1) is 25.0. The molecular weight excluding hydrogens is 472 g/mol. The van der Waals surface area contributed by atoms with Crippen molar-refractivity contribution in [3.8, 4) is 0 Å². The predicted molar refractivity (Wildman–Crippen MR) is 147 cm³/mol. The first-order valence-corrected chi connectivity index (χ1v) is 13.6. The molecule has 1 heterocycles. The Kier molecular flexibility index (Phi) is 6.67. The zero-order valence-electron chi connectivity index (χ0n) is 21.4. The van der Waals surface area contributed by atoms with Crippen LogP contribution in [0.4, 0.5) is 0 Å². The normalized spacial score (nSPS) is 21.4. The lowest BCUT2D eigenvalue weighted by Crippen LogP contribution is -2.54. The van der Waals surface area contributed by atoms with Crippen molar-refractivity contribution in [2.75, 3.05) is 0 Å². The highest BCUT2D eigenvalue weighted by atomic mass is 16.8. The number of hydrogen-bond acceptors (Lipinski definition) is 4. The standard InChI is InChI=1S/C34H34O4/c35-33(26-16-6-1-7-17-26,27-18-8-2-9-19-27)30-31(38-32(37-30)24-14-5-15-25-32)34(36,28-20-10-3-11-21-28)29-22-12-4-13-23-29/h1-4,6-13,16-23,30-31,35-36H,5,14-15,24-25H2. The summed E-state index contributed by atoms with van der Waals surface area (Å²) in [6.45, 7) is 0. The van der Waals surface area contributed by atoms with Gasteiger partial charge < -0.3 is 19.7 Å². The second kappa shape index (κ2) is 10.1. The third-order valence-electron chi connectivity index (χ3n) is 8.25. The van der Waals surface area contributed by atoms with E-state index < -0.39 is 29.2 Å². The van der Waals surface area contributed by atoms with E-state index in [0.29, 0.717) is 22.3 Å². The molecule has 6 rings (SSSR count). The van der Waals surface area contributed by atoms with E-state index >= 15 is 0 Å². The Morgan fingerprint density at radius 2 is 0.763 bits per heavy atom. The van der Waals surface area contributed by atoms with Crippen LogP contribution >= 0.6 is 0 Å². The molecule has 1 aliphatic carbocycles. The Balaban J connectivity index is 1.59. The highest BCUT2D eigenvalue weighted by molar-refractivity contribution is 5.43. The summed E-state index contributed by atoms with van der Waals surface area (Å²) in [4.78, 5) is 0. The summed E-state index contributed by atoms with van der Waals surface area (Å²) in [5, 5.41) is 25.8. The van der Waals surface area contributed by atoms with Crippen molar-refractivity contribution < 1.29 is 19.7 Å². The molecule has 2 aliphatic rings. The molecule has 0 radical (unpaired) electrons. The van der Waals surface area contributed by atoms with Crippen molar-refractivity contribution in [2.24, 2.45) is 0 Å². The van der Waals surface area contributed by atoms with Gasteiger partial charge in [-0.15, -0.1) is 0 Å². The summed E-state index contributed by atoms with van der Waals surface area (Å²) < 4.78 is 13.9. The number of rotatable bonds is 6. The molecule has 4 nitrogen and oxygen atoms in total.